The van der Waals surface area contributed by atoms with Gasteiger partial charge in [-0.2, -0.15) is 0 Å². The molecule has 2 rings (SSSR count). The highest BCUT2D eigenvalue weighted by Gasteiger charge is 2.18. The number of rotatable bonds is 4. The van der Waals surface area contributed by atoms with Crippen LogP contribution in [-0.4, -0.2) is 37.9 Å². The Labute approximate surface area is 114 Å². The first-order valence-electron chi connectivity index (χ1n) is 5.01. The maximum Gasteiger partial charge on any atom is 0.346 e. The third-order valence-electron chi connectivity index (χ3n) is 2.31. The van der Waals surface area contributed by atoms with Gasteiger partial charge in [0.15, 0.2) is 5.16 Å². The molecule has 19 heavy (non-hydrogen) atoms. The number of nitrogens with one attached hydrogen (secondary N) is 1. The molecule has 2 heterocycles. The van der Waals surface area contributed by atoms with E-state index < -0.39 is 17.5 Å². The number of aromatic amines is 1. The molecule has 0 atom stereocenters. The summed E-state index contributed by atoms with van der Waals surface area (Å²) in [6, 6.07) is 0. The van der Waals surface area contributed by atoms with Crippen LogP contribution in [0.25, 0.3) is 10.2 Å². The van der Waals surface area contributed by atoms with Crippen LogP contribution in [0.2, 0.25) is 0 Å². The van der Waals surface area contributed by atoms with Gasteiger partial charge in [0.05, 0.1) is 11.1 Å². The number of carboxylic acids is 2. The zero-order valence-corrected chi connectivity index (χ0v) is 11.2. The van der Waals surface area contributed by atoms with Crippen LogP contribution >= 0.6 is 23.1 Å². The number of thioether (sulfide) groups is 1. The molecule has 2 aromatic heterocycles. The Morgan fingerprint density at radius 1 is 1.42 bits per heavy atom. The normalized spacial score (nSPS) is 10.8. The lowest BCUT2D eigenvalue weighted by atomic mass is 10.2. The second kappa shape index (κ2) is 5.02. The molecule has 0 saturated carbocycles. The second-order valence-electron chi connectivity index (χ2n) is 3.59. The number of thiophene rings is 1. The van der Waals surface area contributed by atoms with E-state index in [4.69, 9.17) is 10.2 Å². The molecule has 0 aliphatic rings. The van der Waals surface area contributed by atoms with E-state index in [0.717, 1.165) is 23.1 Å². The van der Waals surface area contributed by atoms with Crippen LogP contribution in [0.1, 0.15) is 15.2 Å². The van der Waals surface area contributed by atoms with Gasteiger partial charge in [-0.1, -0.05) is 11.8 Å². The van der Waals surface area contributed by atoms with Gasteiger partial charge in [0.2, 0.25) is 0 Å². The van der Waals surface area contributed by atoms with Crippen molar-refractivity contribution >= 4 is 45.3 Å². The lowest BCUT2D eigenvalue weighted by Crippen LogP contribution is -2.10. The minimum Gasteiger partial charge on any atom is -0.481 e. The van der Waals surface area contributed by atoms with Gasteiger partial charge in [-0.05, 0) is 12.5 Å². The number of H-pyrrole nitrogens is 1. The molecular formula is C10H8N2O5S2. The van der Waals surface area contributed by atoms with Crippen molar-refractivity contribution in [3.8, 4) is 0 Å². The molecule has 0 fully saturated rings. The molecule has 0 aliphatic heterocycles. The van der Waals surface area contributed by atoms with Crippen molar-refractivity contribution in [3.05, 3.63) is 20.8 Å². The van der Waals surface area contributed by atoms with Crippen molar-refractivity contribution in [1.82, 2.24) is 9.97 Å². The number of nitrogens with zero attached hydrogens (tertiary/aromatic N) is 1. The SMILES string of the molecule is Cc1c(C(=O)O)sc2nc(SCC(=O)O)[nH]c(=O)c12. The molecule has 0 amide bonds. The first-order chi connectivity index (χ1) is 8.90. The van der Waals surface area contributed by atoms with Crippen molar-refractivity contribution in [1.29, 1.82) is 0 Å². The minimum atomic E-state index is -1.11. The minimum absolute atomic E-state index is 0.0633. The molecule has 2 aromatic rings. The maximum absolute atomic E-state index is 11.9. The Morgan fingerprint density at radius 2 is 2.11 bits per heavy atom. The number of aryl methyl sites for hydroxylation is 1. The van der Waals surface area contributed by atoms with Crippen LogP contribution < -0.4 is 5.56 Å². The number of fused-ring (bicyclic) bond motifs is 1. The zero-order chi connectivity index (χ0) is 14.2. The number of carboxylic acid groups (broad SMARTS) is 2. The third-order valence-corrected chi connectivity index (χ3v) is 4.34. The van der Waals surface area contributed by atoms with E-state index in [1.165, 1.54) is 0 Å². The largest absolute Gasteiger partial charge is 0.481 e. The lowest BCUT2D eigenvalue weighted by molar-refractivity contribution is -0.133. The predicted molar refractivity (Wildman–Crippen MR) is 70.3 cm³/mol. The van der Waals surface area contributed by atoms with Crippen LogP contribution in [0.4, 0.5) is 0 Å². The molecule has 0 unspecified atom stereocenters. The summed E-state index contributed by atoms with van der Waals surface area (Å²) in [7, 11) is 0. The number of hydrogen-bond donors (Lipinski definition) is 3. The topological polar surface area (TPSA) is 120 Å². The Kier molecular flexibility index (Phi) is 3.58. The Bertz CT molecular complexity index is 733. The molecule has 7 nitrogen and oxygen atoms in total. The van der Waals surface area contributed by atoms with Crippen LogP contribution in [0.3, 0.4) is 0 Å². The van der Waals surface area contributed by atoms with E-state index in [9.17, 15) is 14.4 Å². The molecule has 0 aromatic carbocycles. The van der Waals surface area contributed by atoms with Crippen molar-refractivity contribution in [2.45, 2.75) is 12.1 Å². The van der Waals surface area contributed by atoms with Gasteiger partial charge in [-0.3, -0.25) is 9.59 Å². The summed E-state index contributed by atoms with van der Waals surface area (Å²) in [5, 5.41) is 18.0. The van der Waals surface area contributed by atoms with Crippen molar-refractivity contribution in [2.75, 3.05) is 5.75 Å². The Morgan fingerprint density at radius 3 is 2.68 bits per heavy atom. The lowest BCUT2D eigenvalue weighted by Gasteiger charge is -1.97. The van der Waals surface area contributed by atoms with E-state index in [1.807, 2.05) is 0 Å². The van der Waals surface area contributed by atoms with Crippen LogP contribution in [0.5, 0.6) is 0 Å². The average molecular weight is 300 g/mol. The van der Waals surface area contributed by atoms with Crippen LogP contribution in [0, 0.1) is 6.92 Å². The average Bonchev–Trinajstić information content (AvgIpc) is 2.64. The molecular weight excluding hydrogens is 292 g/mol. The summed E-state index contributed by atoms with van der Waals surface area (Å²) >= 11 is 1.78. The fraction of sp³-hybridized carbons (Fsp3) is 0.200. The number of aliphatic carboxylic acids is 1. The second-order valence-corrected chi connectivity index (χ2v) is 5.56. The van der Waals surface area contributed by atoms with Gasteiger partial charge in [-0.25, -0.2) is 9.78 Å². The first-order valence-corrected chi connectivity index (χ1v) is 6.81. The predicted octanol–water partition coefficient (Wildman–Crippen LogP) is 1.17. The van der Waals surface area contributed by atoms with Gasteiger partial charge >= 0.3 is 11.9 Å². The van der Waals surface area contributed by atoms with Crippen molar-refractivity contribution < 1.29 is 19.8 Å². The molecule has 0 saturated heterocycles. The van der Waals surface area contributed by atoms with Gasteiger partial charge in [0, 0.05) is 0 Å². The highest BCUT2D eigenvalue weighted by atomic mass is 32.2. The van der Waals surface area contributed by atoms with Crippen molar-refractivity contribution in [2.24, 2.45) is 0 Å². The van der Waals surface area contributed by atoms with E-state index in [1.54, 1.807) is 6.92 Å². The van der Waals surface area contributed by atoms with E-state index in [0.29, 0.717) is 10.4 Å². The van der Waals surface area contributed by atoms with Crippen LogP contribution in [-0.2, 0) is 4.79 Å². The fourth-order valence-corrected chi connectivity index (χ4v) is 3.19. The fourth-order valence-electron chi connectivity index (χ4n) is 1.53. The summed E-state index contributed by atoms with van der Waals surface area (Å²) in [6.45, 7) is 1.54. The highest BCUT2D eigenvalue weighted by Crippen LogP contribution is 2.28. The number of carbonyl (C=O) groups is 2. The summed E-state index contributed by atoms with van der Waals surface area (Å²) in [5.74, 6) is -2.37. The zero-order valence-electron chi connectivity index (χ0n) is 9.59. The summed E-state index contributed by atoms with van der Waals surface area (Å²) in [5.41, 5.74) is -0.0878. The quantitative estimate of drug-likeness (QED) is 0.572. The van der Waals surface area contributed by atoms with Crippen LogP contribution in [0.15, 0.2) is 9.95 Å². The highest BCUT2D eigenvalue weighted by molar-refractivity contribution is 7.99. The number of hydrogen-bond acceptors (Lipinski definition) is 6. The number of aromatic nitrogens is 2. The van der Waals surface area contributed by atoms with Gasteiger partial charge in [0.1, 0.15) is 9.71 Å². The molecule has 100 valence electrons. The monoisotopic (exact) mass is 300 g/mol. The summed E-state index contributed by atoms with van der Waals surface area (Å²) < 4.78 is 0. The van der Waals surface area contributed by atoms with Gasteiger partial charge in [0.25, 0.3) is 5.56 Å². The van der Waals surface area contributed by atoms with Gasteiger partial charge in [-0.15, -0.1) is 11.3 Å². The maximum atomic E-state index is 11.9. The Balaban J connectivity index is 2.55. The van der Waals surface area contributed by atoms with E-state index in [2.05, 4.69) is 9.97 Å². The Hall–Kier alpha value is -1.87. The summed E-state index contributed by atoms with van der Waals surface area (Å²) in [4.78, 5) is 40.2. The van der Waals surface area contributed by atoms with Crippen molar-refractivity contribution in [3.63, 3.8) is 0 Å². The molecule has 0 aliphatic carbocycles. The molecule has 0 spiro atoms. The molecule has 9 heteroatoms. The third kappa shape index (κ3) is 2.61. The first kappa shape index (κ1) is 13.6. The van der Waals surface area contributed by atoms with E-state index >= 15 is 0 Å². The smallest absolute Gasteiger partial charge is 0.346 e. The molecule has 3 N–H and O–H groups in total. The molecule has 0 bridgehead atoms. The summed E-state index contributed by atoms with van der Waals surface area (Å²) in [6.07, 6.45) is 0. The van der Waals surface area contributed by atoms with E-state index in [-0.39, 0.29) is 21.2 Å². The van der Waals surface area contributed by atoms with Gasteiger partial charge < -0.3 is 15.2 Å². The number of aromatic carboxylic acids is 1. The standard InChI is InChI=1S/C10H8N2O5S2/c1-3-5-7(15)11-10(18-2-4(13)14)12-8(5)19-6(3)9(16)17/h2H2,1H3,(H,13,14)(H,16,17)(H,11,12,15). The molecule has 0 radical (unpaired) electrons.